The predicted molar refractivity (Wildman–Crippen MR) is 90.0 cm³/mol. The zero-order valence-electron chi connectivity index (χ0n) is 12.1. The largest absolute Gasteiger partial charge is 0.454 e. The second-order valence-corrected chi connectivity index (χ2v) is 5.46. The fourth-order valence-electron chi connectivity index (χ4n) is 2.89. The van der Waals surface area contributed by atoms with E-state index in [9.17, 15) is 0 Å². The zero-order chi connectivity index (χ0) is 15.2. The van der Waals surface area contributed by atoms with Crippen molar-refractivity contribution < 1.29 is 4.42 Å². The Morgan fingerprint density at radius 2 is 1.52 bits per heavy atom. The van der Waals surface area contributed by atoms with Gasteiger partial charge in [-0.25, -0.2) is 0 Å². The number of pyridine rings is 3. The Morgan fingerprint density at radius 3 is 2.48 bits per heavy atom. The van der Waals surface area contributed by atoms with E-state index < -0.39 is 0 Å². The van der Waals surface area contributed by atoms with Crippen LogP contribution < -0.4 is 0 Å². The minimum absolute atomic E-state index is 0.771. The number of hydrogen-bond acceptors (Lipinski definition) is 4. The van der Waals surface area contributed by atoms with E-state index in [4.69, 9.17) is 4.42 Å². The van der Waals surface area contributed by atoms with Crippen molar-refractivity contribution in [3.05, 3.63) is 67.3 Å². The molecule has 0 radical (unpaired) electrons. The van der Waals surface area contributed by atoms with Gasteiger partial charge in [-0.15, -0.1) is 0 Å². The summed E-state index contributed by atoms with van der Waals surface area (Å²) >= 11 is 0. The summed E-state index contributed by atoms with van der Waals surface area (Å²) in [6, 6.07) is 14.1. The standard InChI is InChI=1S/C19H11N3O/c1-2-4-13-9-21-16(7-12(13)3-1)17-8-18-15(10-22-17)14-5-6-20-11-19(14)23-18/h1-11H. The van der Waals surface area contributed by atoms with Crippen LogP contribution in [0.15, 0.2) is 71.7 Å². The summed E-state index contributed by atoms with van der Waals surface area (Å²) in [4.78, 5) is 13.2. The van der Waals surface area contributed by atoms with Crippen LogP contribution in [0.25, 0.3) is 44.1 Å². The first-order valence-electron chi connectivity index (χ1n) is 7.36. The van der Waals surface area contributed by atoms with Crippen molar-refractivity contribution in [1.82, 2.24) is 15.0 Å². The van der Waals surface area contributed by atoms with Gasteiger partial charge in [0.25, 0.3) is 0 Å². The highest BCUT2D eigenvalue weighted by Crippen LogP contribution is 2.30. The molecule has 0 saturated carbocycles. The molecule has 1 aromatic carbocycles. The molecule has 4 heteroatoms. The van der Waals surface area contributed by atoms with Crippen molar-refractivity contribution in [3.63, 3.8) is 0 Å². The number of aromatic nitrogens is 3. The van der Waals surface area contributed by atoms with Gasteiger partial charge < -0.3 is 4.42 Å². The summed E-state index contributed by atoms with van der Waals surface area (Å²) in [5.41, 5.74) is 3.21. The number of benzene rings is 1. The topological polar surface area (TPSA) is 51.8 Å². The van der Waals surface area contributed by atoms with Gasteiger partial charge in [0, 0.05) is 40.8 Å². The van der Waals surface area contributed by atoms with E-state index in [1.165, 1.54) is 0 Å². The van der Waals surface area contributed by atoms with Crippen LogP contribution in [0.3, 0.4) is 0 Å². The van der Waals surface area contributed by atoms with E-state index in [1.807, 2.05) is 42.7 Å². The number of rotatable bonds is 1. The number of fused-ring (bicyclic) bond motifs is 4. The van der Waals surface area contributed by atoms with Gasteiger partial charge in [-0.05, 0) is 17.5 Å². The Hall–Kier alpha value is -3.27. The molecule has 4 aromatic heterocycles. The molecule has 108 valence electrons. The average molecular weight is 297 g/mol. The van der Waals surface area contributed by atoms with Gasteiger partial charge in [0.1, 0.15) is 5.58 Å². The lowest BCUT2D eigenvalue weighted by atomic mass is 10.1. The fourth-order valence-corrected chi connectivity index (χ4v) is 2.89. The molecule has 0 aliphatic heterocycles. The number of nitrogens with zero attached hydrogens (tertiary/aromatic N) is 3. The van der Waals surface area contributed by atoms with Gasteiger partial charge in [-0.1, -0.05) is 24.3 Å². The molecule has 0 saturated heterocycles. The highest BCUT2D eigenvalue weighted by molar-refractivity contribution is 6.04. The molecule has 0 N–H and O–H groups in total. The van der Waals surface area contributed by atoms with Crippen LogP contribution in [-0.4, -0.2) is 15.0 Å². The minimum Gasteiger partial charge on any atom is -0.454 e. The molecule has 0 amide bonds. The molecular weight excluding hydrogens is 286 g/mol. The van der Waals surface area contributed by atoms with Crippen molar-refractivity contribution in [3.8, 4) is 11.4 Å². The number of furan rings is 1. The third kappa shape index (κ3) is 1.89. The molecule has 0 spiro atoms. The summed E-state index contributed by atoms with van der Waals surface area (Å²) in [5.74, 6) is 0. The monoisotopic (exact) mass is 297 g/mol. The summed E-state index contributed by atoms with van der Waals surface area (Å²) in [5, 5.41) is 4.29. The lowest BCUT2D eigenvalue weighted by molar-refractivity contribution is 0.666. The molecule has 0 aliphatic rings. The van der Waals surface area contributed by atoms with Crippen molar-refractivity contribution >= 4 is 32.7 Å². The Balaban J connectivity index is 1.73. The highest BCUT2D eigenvalue weighted by Gasteiger charge is 2.10. The highest BCUT2D eigenvalue weighted by atomic mass is 16.3. The van der Waals surface area contributed by atoms with E-state index >= 15 is 0 Å². The third-order valence-electron chi connectivity index (χ3n) is 4.05. The fraction of sp³-hybridized carbons (Fsp3) is 0. The Morgan fingerprint density at radius 1 is 0.696 bits per heavy atom. The summed E-state index contributed by atoms with van der Waals surface area (Å²) in [6.45, 7) is 0. The van der Waals surface area contributed by atoms with Crippen LogP contribution in [-0.2, 0) is 0 Å². The minimum atomic E-state index is 0.771. The van der Waals surface area contributed by atoms with E-state index in [-0.39, 0.29) is 0 Å². The lowest BCUT2D eigenvalue weighted by Gasteiger charge is -2.02. The Kier molecular flexibility index (Phi) is 2.46. The Labute approximate surface area is 131 Å². The second kappa shape index (κ2) is 4.61. The van der Waals surface area contributed by atoms with Crippen LogP contribution in [0, 0.1) is 0 Å². The molecular formula is C19H11N3O. The molecule has 0 bridgehead atoms. The predicted octanol–water partition coefficient (Wildman–Crippen LogP) is 4.59. The van der Waals surface area contributed by atoms with Crippen molar-refractivity contribution in [2.45, 2.75) is 0 Å². The van der Waals surface area contributed by atoms with Crippen LogP contribution in [0.1, 0.15) is 0 Å². The SMILES string of the molecule is c1ccc2cc(-c3cc4oc5cnccc5c4cn3)ncc2c1. The van der Waals surface area contributed by atoms with Gasteiger partial charge in [0.15, 0.2) is 5.58 Å². The Bertz CT molecular complexity index is 1180. The van der Waals surface area contributed by atoms with Crippen LogP contribution in [0.5, 0.6) is 0 Å². The van der Waals surface area contributed by atoms with E-state index in [0.29, 0.717) is 0 Å². The van der Waals surface area contributed by atoms with E-state index in [0.717, 1.165) is 44.1 Å². The number of hydrogen-bond donors (Lipinski definition) is 0. The third-order valence-corrected chi connectivity index (χ3v) is 4.05. The molecule has 23 heavy (non-hydrogen) atoms. The molecule has 4 heterocycles. The summed E-state index contributed by atoms with van der Waals surface area (Å²) in [7, 11) is 0. The average Bonchev–Trinajstić information content (AvgIpc) is 2.99. The summed E-state index contributed by atoms with van der Waals surface area (Å²) in [6.07, 6.45) is 7.20. The van der Waals surface area contributed by atoms with Crippen molar-refractivity contribution in [2.24, 2.45) is 0 Å². The van der Waals surface area contributed by atoms with Gasteiger partial charge in [0.2, 0.25) is 0 Å². The van der Waals surface area contributed by atoms with Gasteiger partial charge in [0.05, 0.1) is 17.6 Å². The molecule has 0 atom stereocenters. The van der Waals surface area contributed by atoms with Crippen LogP contribution in [0.2, 0.25) is 0 Å². The van der Waals surface area contributed by atoms with E-state index in [2.05, 4.69) is 27.1 Å². The van der Waals surface area contributed by atoms with E-state index in [1.54, 1.807) is 12.4 Å². The first kappa shape index (κ1) is 12.3. The molecule has 0 fully saturated rings. The first-order valence-corrected chi connectivity index (χ1v) is 7.36. The molecule has 5 rings (SSSR count). The molecule has 4 nitrogen and oxygen atoms in total. The second-order valence-electron chi connectivity index (χ2n) is 5.46. The maximum absolute atomic E-state index is 5.87. The van der Waals surface area contributed by atoms with Crippen molar-refractivity contribution in [2.75, 3.05) is 0 Å². The van der Waals surface area contributed by atoms with Crippen LogP contribution in [0.4, 0.5) is 0 Å². The normalized spacial score (nSPS) is 11.5. The smallest absolute Gasteiger partial charge is 0.153 e. The molecule has 0 unspecified atom stereocenters. The van der Waals surface area contributed by atoms with Crippen molar-refractivity contribution in [1.29, 1.82) is 0 Å². The zero-order valence-corrected chi connectivity index (χ0v) is 12.1. The molecule has 5 aromatic rings. The first-order chi connectivity index (χ1) is 11.4. The van der Waals surface area contributed by atoms with Crippen LogP contribution >= 0.6 is 0 Å². The maximum atomic E-state index is 5.87. The quantitative estimate of drug-likeness (QED) is 0.454. The summed E-state index contributed by atoms with van der Waals surface area (Å²) < 4.78 is 5.87. The van der Waals surface area contributed by atoms with Gasteiger partial charge >= 0.3 is 0 Å². The lowest BCUT2D eigenvalue weighted by Crippen LogP contribution is -1.87. The van der Waals surface area contributed by atoms with Gasteiger partial charge in [-0.3, -0.25) is 15.0 Å². The van der Waals surface area contributed by atoms with Gasteiger partial charge in [-0.2, -0.15) is 0 Å². The molecule has 0 aliphatic carbocycles. The maximum Gasteiger partial charge on any atom is 0.153 e.